The molecule has 2 aliphatic rings. The molecule has 2 aliphatic heterocycles. The van der Waals surface area contributed by atoms with E-state index in [1.54, 1.807) is 31.3 Å². The Kier molecular flexibility index (Phi) is 6.04. The van der Waals surface area contributed by atoms with Gasteiger partial charge in [-0.2, -0.15) is 13.1 Å². The standard InChI is InChI=1S/C18H24N6O3S2/c1-27-12-24-15-10-13(2-3-16(15)28-18-17(24)20-6-7-21-18)11-23-8-4-14(5-9-23)22-29(19,25)26/h2-3,6-7,10,14,22H,4-5,8-9,11-12H2,1H3,(H2,19,25,26). The van der Waals surface area contributed by atoms with Crippen molar-refractivity contribution in [3.63, 3.8) is 0 Å². The van der Waals surface area contributed by atoms with Gasteiger partial charge in [0, 0.05) is 50.1 Å². The highest BCUT2D eigenvalue weighted by atomic mass is 32.2. The van der Waals surface area contributed by atoms with E-state index in [0.29, 0.717) is 6.73 Å². The van der Waals surface area contributed by atoms with Crippen molar-refractivity contribution in [3.05, 3.63) is 36.2 Å². The van der Waals surface area contributed by atoms with Crippen LogP contribution in [0.2, 0.25) is 0 Å². The predicted octanol–water partition coefficient (Wildman–Crippen LogP) is 1.44. The maximum Gasteiger partial charge on any atom is 0.274 e. The van der Waals surface area contributed by atoms with Gasteiger partial charge in [0.15, 0.2) is 5.82 Å². The molecule has 4 rings (SSSR count). The number of nitrogens with one attached hydrogen (secondary N) is 1. The summed E-state index contributed by atoms with van der Waals surface area (Å²) in [5.41, 5.74) is 2.25. The fourth-order valence-corrected chi connectivity index (χ4v) is 5.40. The van der Waals surface area contributed by atoms with E-state index in [1.807, 2.05) is 4.90 Å². The third-order valence-electron chi connectivity index (χ3n) is 5.01. The van der Waals surface area contributed by atoms with Gasteiger partial charge in [-0.05, 0) is 30.5 Å². The largest absolute Gasteiger partial charge is 0.364 e. The molecule has 156 valence electrons. The van der Waals surface area contributed by atoms with E-state index in [0.717, 1.165) is 53.9 Å². The number of benzene rings is 1. The molecular formula is C18H24N6O3S2. The van der Waals surface area contributed by atoms with Gasteiger partial charge in [0.1, 0.15) is 11.8 Å². The molecule has 0 aliphatic carbocycles. The van der Waals surface area contributed by atoms with Crippen LogP contribution in [0.1, 0.15) is 18.4 Å². The summed E-state index contributed by atoms with van der Waals surface area (Å²) in [7, 11) is -1.98. The molecular weight excluding hydrogens is 412 g/mol. The van der Waals surface area contributed by atoms with Crippen LogP contribution in [0.4, 0.5) is 11.5 Å². The van der Waals surface area contributed by atoms with Crippen LogP contribution in [-0.4, -0.2) is 56.3 Å². The second kappa shape index (κ2) is 8.54. The normalized spacial score (nSPS) is 17.8. The number of ether oxygens (including phenoxy) is 1. The van der Waals surface area contributed by atoms with Gasteiger partial charge in [0.05, 0.1) is 5.69 Å². The third-order valence-corrected chi connectivity index (χ3v) is 6.71. The maximum absolute atomic E-state index is 11.2. The Bertz CT molecular complexity index is 979. The highest BCUT2D eigenvalue weighted by Crippen LogP contribution is 2.46. The van der Waals surface area contributed by atoms with E-state index in [2.05, 4.69) is 37.8 Å². The van der Waals surface area contributed by atoms with Gasteiger partial charge in [0.2, 0.25) is 0 Å². The van der Waals surface area contributed by atoms with E-state index in [9.17, 15) is 8.42 Å². The Morgan fingerprint density at radius 3 is 2.76 bits per heavy atom. The van der Waals surface area contributed by atoms with Crippen molar-refractivity contribution in [3.8, 4) is 0 Å². The van der Waals surface area contributed by atoms with Gasteiger partial charge in [-0.25, -0.2) is 15.1 Å². The van der Waals surface area contributed by atoms with Gasteiger partial charge < -0.3 is 4.74 Å². The fraction of sp³-hybridized carbons (Fsp3) is 0.444. The van der Waals surface area contributed by atoms with E-state index in [1.165, 1.54) is 5.56 Å². The smallest absolute Gasteiger partial charge is 0.274 e. The summed E-state index contributed by atoms with van der Waals surface area (Å²) < 4.78 is 30.3. The molecule has 0 atom stereocenters. The average molecular weight is 437 g/mol. The Labute approximate surface area is 174 Å². The number of nitrogens with zero attached hydrogens (tertiary/aromatic N) is 4. The Hall–Kier alpha value is -1.76. The zero-order valence-corrected chi connectivity index (χ0v) is 17.7. The molecule has 2 aromatic rings. The van der Waals surface area contributed by atoms with Gasteiger partial charge in [-0.3, -0.25) is 9.80 Å². The fourth-order valence-electron chi connectivity index (χ4n) is 3.71. The van der Waals surface area contributed by atoms with Crippen LogP contribution in [0.25, 0.3) is 0 Å². The molecule has 0 amide bonds. The number of piperidine rings is 1. The van der Waals surface area contributed by atoms with Crippen molar-refractivity contribution in [1.82, 2.24) is 19.6 Å². The SMILES string of the molecule is COCN1c2cc(CN3CCC(NS(N)(=O)=O)CC3)ccc2Sc2nccnc21. The zero-order valence-electron chi connectivity index (χ0n) is 16.1. The minimum absolute atomic E-state index is 0.0894. The predicted molar refractivity (Wildman–Crippen MR) is 111 cm³/mol. The van der Waals surface area contributed by atoms with Gasteiger partial charge in [-0.15, -0.1) is 0 Å². The molecule has 11 heteroatoms. The lowest BCUT2D eigenvalue weighted by molar-refractivity contribution is 0.199. The molecule has 0 radical (unpaired) electrons. The van der Waals surface area contributed by atoms with E-state index in [4.69, 9.17) is 9.88 Å². The number of anilines is 2. The first kappa shape index (κ1) is 20.5. The van der Waals surface area contributed by atoms with Crippen molar-refractivity contribution < 1.29 is 13.2 Å². The number of likely N-dealkylation sites (tertiary alicyclic amines) is 1. The van der Waals surface area contributed by atoms with Crippen molar-refractivity contribution in [2.75, 3.05) is 31.8 Å². The molecule has 9 nitrogen and oxygen atoms in total. The highest BCUT2D eigenvalue weighted by Gasteiger charge is 2.27. The van der Waals surface area contributed by atoms with Crippen molar-refractivity contribution in [2.45, 2.75) is 35.3 Å². The minimum atomic E-state index is -3.65. The molecule has 0 spiro atoms. The van der Waals surface area contributed by atoms with Crippen LogP contribution in [-0.2, 0) is 21.5 Å². The Balaban J connectivity index is 1.47. The number of hydrogen-bond donors (Lipinski definition) is 2. The van der Waals surface area contributed by atoms with Crippen LogP contribution >= 0.6 is 11.8 Å². The number of aromatic nitrogens is 2. The number of rotatable bonds is 6. The van der Waals surface area contributed by atoms with Crippen LogP contribution in [0.15, 0.2) is 40.5 Å². The zero-order chi connectivity index (χ0) is 20.4. The van der Waals surface area contributed by atoms with Crippen molar-refractivity contribution >= 4 is 33.5 Å². The maximum atomic E-state index is 11.2. The number of fused-ring (bicyclic) bond motifs is 2. The second-order valence-corrected chi connectivity index (χ2v) is 9.50. The van der Waals surface area contributed by atoms with E-state index < -0.39 is 10.2 Å². The highest BCUT2D eigenvalue weighted by molar-refractivity contribution is 7.99. The lowest BCUT2D eigenvalue weighted by Gasteiger charge is -2.33. The summed E-state index contributed by atoms with van der Waals surface area (Å²) in [5.74, 6) is 0.805. The van der Waals surface area contributed by atoms with E-state index >= 15 is 0 Å². The number of nitrogens with two attached hydrogens (primary N) is 1. The summed E-state index contributed by atoms with van der Waals surface area (Å²) in [6.45, 7) is 2.83. The van der Waals surface area contributed by atoms with Crippen molar-refractivity contribution in [1.29, 1.82) is 0 Å². The third kappa shape index (κ3) is 4.87. The summed E-state index contributed by atoms with van der Waals surface area (Å²) in [6.07, 6.45) is 4.88. The number of hydrogen-bond acceptors (Lipinski definition) is 8. The summed E-state index contributed by atoms with van der Waals surface area (Å²) in [6, 6.07) is 6.33. The van der Waals surface area contributed by atoms with Gasteiger partial charge in [0.25, 0.3) is 10.2 Å². The molecule has 1 saturated heterocycles. The second-order valence-electron chi connectivity index (χ2n) is 7.15. The number of methoxy groups -OCH3 is 1. The summed E-state index contributed by atoms with van der Waals surface area (Å²) >= 11 is 1.61. The van der Waals surface area contributed by atoms with Gasteiger partial charge >= 0.3 is 0 Å². The summed E-state index contributed by atoms with van der Waals surface area (Å²) in [4.78, 5) is 14.4. The van der Waals surface area contributed by atoms with Crippen molar-refractivity contribution in [2.24, 2.45) is 5.14 Å². The minimum Gasteiger partial charge on any atom is -0.364 e. The summed E-state index contributed by atoms with van der Waals surface area (Å²) in [5, 5.41) is 5.95. The first-order chi connectivity index (χ1) is 13.9. The Morgan fingerprint density at radius 1 is 1.28 bits per heavy atom. The molecule has 1 aromatic heterocycles. The molecule has 0 saturated carbocycles. The molecule has 1 aromatic carbocycles. The van der Waals surface area contributed by atoms with Crippen LogP contribution in [0.5, 0.6) is 0 Å². The van der Waals surface area contributed by atoms with E-state index in [-0.39, 0.29) is 6.04 Å². The lowest BCUT2D eigenvalue weighted by Crippen LogP contribution is -2.46. The monoisotopic (exact) mass is 436 g/mol. The molecule has 0 bridgehead atoms. The first-order valence-corrected chi connectivity index (χ1v) is 11.7. The van der Waals surface area contributed by atoms with Gasteiger partial charge in [-0.1, -0.05) is 17.8 Å². The molecule has 0 unspecified atom stereocenters. The molecule has 1 fully saturated rings. The molecule has 3 N–H and O–H groups in total. The quantitative estimate of drug-likeness (QED) is 0.699. The average Bonchev–Trinajstić information content (AvgIpc) is 2.69. The van der Waals surface area contributed by atoms with Crippen LogP contribution < -0.4 is 14.8 Å². The first-order valence-electron chi connectivity index (χ1n) is 9.33. The Morgan fingerprint density at radius 2 is 2.03 bits per heavy atom. The van der Waals surface area contributed by atoms with Crippen LogP contribution in [0, 0.1) is 0 Å². The molecule has 3 heterocycles. The topological polar surface area (TPSA) is 114 Å². The van der Waals surface area contributed by atoms with Crippen LogP contribution in [0.3, 0.4) is 0 Å². The molecule has 29 heavy (non-hydrogen) atoms. The lowest BCUT2D eigenvalue weighted by atomic mass is 10.0.